The second-order valence-corrected chi connectivity index (χ2v) is 24.9. The topological polar surface area (TPSA) is 89.7 Å². The first-order valence-corrected chi connectivity index (χ1v) is 29.3. The van der Waals surface area contributed by atoms with Gasteiger partial charge in [0.05, 0.1) is 42.5 Å². The molecule has 0 N–H and O–H groups in total. The third-order valence-electron chi connectivity index (χ3n) is 15.0. The Balaban J connectivity index is 1.48. The summed E-state index contributed by atoms with van der Waals surface area (Å²) in [4.78, 5) is 14.1. The Morgan fingerprint density at radius 3 is 1.19 bits per heavy atom. The Labute approximate surface area is 467 Å². The van der Waals surface area contributed by atoms with E-state index in [1.165, 1.54) is 61.2 Å². The molecule has 8 aromatic rings. The zero-order chi connectivity index (χ0) is 56.1. The second-order valence-electron chi connectivity index (χ2n) is 22.8. The number of halogens is 4. The van der Waals surface area contributed by atoms with Gasteiger partial charge in [0.1, 0.15) is 33.3 Å². The van der Waals surface area contributed by atoms with E-state index in [1.54, 1.807) is 24.3 Å². The van der Waals surface area contributed by atoms with Crippen LogP contribution in [0.4, 0.5) is 28.6 Å². The molecule has 0 aliphatic carbocycles. The number of thiazole rings is 2. The summed E-state index contributed by atoms with van der Waals surface area (Å²) < 4.78 is 70.5. The van der Waals surface area contributed by atoms with E-state index in [9.17, 15) is 10.5 Å². The molecular formula is C62H72B2F4N8S2. The maximum atomic E-state index is 16.9. The molecule has 0 unspecified atom stereocenters. The monoisotopic (exact) mass is 1090 g/mol. The van der Waals surface area contributed by atoms with Crippen LogP contribution in [-0.4, -0.2) is 60.9 Å². The SMILES string of the molecule is CCCCCCCCN(C)c1ccc(-c2c3/c(=C(\C#N)c4nc5ccc(C(C)(C)C)cc5s4)n(B(F)F)c(-c4ccc(N(C)CCCCCCCC)cc4)c3/c(=C(\C#N)c3nc4ccc(C(C)(C)C)cc4s3)n2B(F)F)cc1. The van der Waals surface area contributed by atoms with Crippen LogP contribution in [0.15, 0.2) is 84.9 Å². The smallest absolute Gasteiger partial charge is 0.375 e. The van der Waals surface area contributed by atoms with Crippen molar-refractivity contribution in [2.24, 2.45) is 0 Å². The molecule has 0 spiro atoms. The van der Waals surface area contributed by atoms with E-state index in [4.69, 9.17) is 9.97 Å². The molecule has 0 amide bonds. The van der Waals surface area contributed by atoms with Crippen LogP contribution in [-0.2, 0) is 10.8 Å². The van der Waals surface area contributed by atoms with E-state index in [-0.39, 0.29) is 64.8 Å². The first-order chi connectivity index (χ1) is 37.3. The third-order valence-corrected chi connectivity index (χ3v) is 17.1. The molecule has 4 aromatic carbocycles. The van der Waals surface area contributed by atoms with Crippen molar-refractivity contribution < 1.29 is 17.3 Å². The van der Waals surface area contributed by atoms with Crippen LogP contribution < -0.4 is 20.5 Å². The van der Waals surface area contributed by atoms with Crippen molar-refractivity contribution in [3.8, 4) is 34.7 Å². The quantitative estimate of drug-likeness (QED) is 0.0382. The number of fused-ring (bicyclic) bond motifs is 3. The molecule has 0 saturated heterocycles. The molecule has 0 aliphatic rings. The highest BCUT2D eigenvalue weighted by Gasteiger charge is 2.37. The number of hydrogen-bond donors (Lipinski definition) is 0. The molecule has 0 bridgehead atoms. The Morgan fingerprint density at radius 1 is 0.526 bits per heavy atom. The molecule has 8 rings (SSSR count). The average molecular weight is 1090 g/mol. The molecule has 78 heavy (non-hydrogen) atoms. The van der Waals surface area contributed by atoms with Gasteiger partial charge in [-0.1, -0.05) is 156 Å². The van der Waals surface area contributed by atoms with Gasteiger partial charge in [-0.15, -0.1) is 22.7 Å². The fourth-order valence-corrected chi connectivity index (χ4v) is 12.5. The largest absolute Gasteiger partial charge is 0.678 e. The first-order valence-electron chi connectivity index (χ1n) is 27.7. The van der Waals surface area contributed by atoms with Crippen LogP contribution in [0.25, 0.3) is 64.9 Å². The van der Waals surface area contributed by atoms with Gasteiger partial charge < -0.3 is 18.8 Å². The molecule has 0 fully saturated rings. The summed E-state index contributed by atoms with van der Waals surface area (Å²) in [5.41, 5.74) is 4.40. The molecule has 406 valence electrons. The Bertz CT molecular complexity index is 3370. The molecule has 16 heteroatoms. The van der Waals surface area contributed by atoms with Gasteiger partial charge in [-0.25, -0.2) is 9.97 Å². The Morgan fingerprint density at radius 2 is 0.872 bits per heavy atom. The lowest BCUT2D eigenvalue weighted by molar-refractivity contribution is 0.591. The average Bonchev–Trinajstić information content (AvgIpc) is 4.30. The minimum Gasteiger partial charge on any atom is -0.375 e. The van der Waals surface area contributed by atoms with Gasteiger partial charge in [0.2, 0.25) is 0 Å². The van der Waals surface area contributed by atoms with Crippen LogP contribution in [0.3, 0.4) is 0 Å². The van der Waals surface area contributed by atoms with Crippen molar-refractivity contribution in [2.45, 2.75) is 143 Å². The minimum absolute atomic E-state index is 0.0203. The number of nitrogens with zero attached hydrogens (tertiary/aromatic N) is 8. The molecule has 0 aliphatic heterocycles. The molecular weight excluding hydrogens is 1020 g/mol. The molecule has 0 radical (unpaired) electrons. The summed E-state index contributed by atoms with van der Waals surface area (Å²) in [6.45, 7) is 18.5. The third kappa shape index (κ3) is 12.3. The van der Waals surface area contributed by atoms with E-state index in [1.807, 2.05) is 74.8 Å². The molecule has 8 nitrogen and oxygen atoms in total. The van der Waals surface area contributed by atoms with Crippen LogP contribution >= 0.6 is 22.7 Å². The fraction of sp³-hybridized carbons (Fsp3) is 0.419. The predicted octanol–water partition coefficient (Wildman–Crippen LogP) is 16.2. The lowest BCUT2D eigenvalue weighted by Crippen LogP contribution is -2.32. The number of rotatable bonds is 22. The number of hydrogen-bond acceptors (Lipinski definition) is 8. The van der Waals surface area contributed by atoms with Crippen LogP contribution in [0, 0.1) is 22.7 Å². The van der Waals surface area contributed by atoms with E-state index in [2.05, 4.69) is 77.3 Å². The highest BCUT2D eigenvalue weighted by molar-refractivity contribution is 7.20. The summed E-state index contributed by atoms with van der Waals surface area (Å²) in [6, 6.07) is 30.6. The number of unbranched alkanes of at least 4 members (excludes halogenated alkanes) is 10. The summed E-state index contributed by atoms with van der Waals surface area (Å²) >= 11 is 2.39. The van der Waals surface area contributed by atoms with Crippen molar-refractivity contribution >= 4 is 91.2 Å². The van der Waals surface area contributed by atoms with Gasteiger partial charge in [0, 0.05) is 49.3 Å². The number of aromatic nitrogens is 4. The Hall–Kier alpha value is -6.35. The van der Waals surface area contributed by atoms with Gasteiger partial charge >= 0.3 is 14.8 Å². The van der Waals surface area contributed by atoms with Gasteiger partial charge in [-0.3, -0.25) is 17.3 Å². The number of benzene rings is 4. The van der Waals surface area contributed by atoms with Crippen LogP contribution in [0.5, 0.6) is 0 Å². The summed E-state index contributed by atoms with van der Waals surface area (Å²) in [7, 11) is -2.58. The van der Waals surface area contributed by atoms with E-state index in [0.717, 1.165) is 92.5 Å². The first kappa shape index (κ1) is 57.8. The normalized spacial score (nSPS) is 12.8. The van der Waals surface area contributed by atoms with Crippen molar-refractivity contribution in [2.75, 3.05) is 37.0 Å². The molecule has 0 saturated carbocycles. The minimum atomic E-state index is -3.29. The fourth-order valence-electron chi connectivity index (χ4n) is 10.5. The predicted molar refractivity (Wildman–Crippen MR) is 323 cm³/mol. The summed E-state index contributed by atoms with van der Waals surface area (Å²) in [6.07, 6.45) is 13.6. The second kappa shape index (κ2) is 24.8. The maximum absolute atomic E-state index is 16.9. The zero-order valence-electron chi connectivity index (χ0n) is 47.0. The van der Waals surface area contributed by atoms with Gasteiger partial charge in [0.25, 0.3) is 0 Å². The molecule has 4 heterocycles. The van der Waals surface area contributed by atoms with Crippen molar-refractivity contribution in [1.82, 2.24) is 18.9 Å². The summed E-state index contributed by atoms with van der Waals surface area (Å²) in [5.74, 6) is 0. The van der Waals surface area contributed by atoms with Gasteiger partial charge in [-0.2, -0.15) is 10.5 Å². The highest BCUT2D eigenvalue weighted by atomic mass is 32.1. The number of nitriles is 2. The van der Waals surface area contributed by atoms with Crippen LogP contribution in [0.1, 0.15) is 154 Å². The highest BCUT2D eigenvalue weighted by Crippen LogP contribution is 2.40. The van der Waals surface area contributed by atoms with E-state index >= 15 is 17.3 Å². The lowest BCUT2D eigenvalue weighted by atomic mass is 9.87. The van der Waals surface area contributed by atoms with Crippen molar-refractivity contribution in [1.29, 1.82) is 10.5 Å². The van der Waals surface area contributed by atoms with E-state index in [0.29, 0.717) is 22.2 Å². The van der Waals surface area contributed by atoms with Gasteiger partial charge in [-0.05, 0) is 94.5 Å². The number of anilines is 2. The standard InChI is InChI=1S/C62H72B2F4N8S2/c1-11-13-15-17-19-21-35-73(9)45-29-23-41(24-30-45)55-53-54(58(75(55)63(65)66)48(40-70)60-72-50-34-28-44(62(6,7)8)38-52(50)78-60)56(42-25-31-46(32-26-42)74(10)36-22-20-18-16-14-12-2)76(64(67)68)57(53)47(39-69)59-71-49-33-27-43(61(3,4)5)37-51(49)77-59/h23-34,37-38H,11-22,35-36H2,1-10H3/b57-47-,58-48-. The summed E-state index contributed by atoms with van der Waals surface area (Å²) in [5, 5.41) is 22.7. The van der Waals surface area contributed by atoms with E-state index < -0.39 is 14.8 Å². The van der Waals surface area contributed by atoms with Gasteiger partial charge in [0.15, 0.2) is 0 Å². The molecule has 4 aromatic heterocycles. The Kier molecular flexibility index (Phi) is 18.4. The van der Waals surface area contributed by atoms with Crippen molar-refractivity contribution in [3.63, 3.8) is 0 Å². The van der Waals surface area contributed by atoms with Crippen molar-refractivity contribution in [3.05, 3.63) is 117 Å². The zero-order valence-corrected chi connectivity index (χ0v) is 48.7. The molecule has 0 atom stereocenters. The maximum Gasteiger partial charge on any atom is 0.678 e. The van der Waals surface area contributed by atoms with Crippen LogP contribution in [0.2, 0.25) is 0 Å². The lowest BCUT2D eigenvalue weighted by Gasteiger charge is -2.20.